The normalized spacial score (nSPS) is 11.4. The third-order valence-corrected chi connectivity index (χ3v) is 5.73. The lowest BCUT2D eigenvalue weighted by Gasteiger charge is -2.11. The summed E-state index contributed by atoms with van der Waals surface area (Å²) in [7, 11) is -2.77. The summed E-state index contributed by atoms with van der Waals surface area (Å²) in [6.07, 6.45) is 0. The highest BCUT2D eigenvalue weighted by molar-refractivity contribution is 7.92. The summed E-state index contributed by atoms with van der Waals surface area (Å²) in [5.74, 6) is 0.0211. The zero-order chi connectivity index (χ0) is 18.2. The van der Waals surface area contributed by atoms with Crippen molar-refractivity contribution in [2.75, 3.05) is 11.8 Å². The number of ether oxygens (including phenoxy) is 1. The number of hydrogen-bond donors (Lipinski definition) is 1. The molecule has 2 aromatic carbocycles. The second-order valence-electron chi connectivity index (χ2n) is 5.11. The number of nitrogens with zero attached hydrogens (tertiary/aromatic N) is 2. The van der Waals surface area contributed by atoms with Crippen LogP contribution in [0, 0.1) is 17.0 Å². The molecule has 3 aromatic rings. The molecule has 10 heteroatoms. The smallest absolute Gasteiger partial charge is 0.271 e. The van der Waals surface area contributed by atoms with E-state index in [9.17, 15) is 18.5 Å². The van der Waals surface area contributed by atoms with Gasteiger partial charge in [-0.3, -0.25) is 14.8 Å². The molecule has 0 unspecified atom stereocenters. The Kier molecular flexibility index (Phi) is 4.31. The number of anilines is 1. The van der Waals surface area contributed by atoms with E-state index in [-0.39, 0.29) is 16.3 Å². The van der Waals surface area contributed by atoms with E-state index in [0.717, 1.165) is 21.3 Å². The van der Waals surface area contributed by atoms with Crippen LogP contribution in [0.15, 0.2) is 41.3 Å². The Balaban J connectivity index is 2.02. The maximum atomic E-state index is 12.7. The van der Waals surface area contributed by atoms with E-state index in [4.69, 9.17) is 4.74 Å². The molecule has 0 atom stereocenters. The number of thiazole rings is 1. The van der Waals surface area contributed by atoms with Crippen molar-refractivity contribution in [1.82, 2.24) is 4.98 Å². The first-order valence-electron chi connectivity index (χ1n) is 7.02. The van der Waals surface area contributed by atoms with Crippen molar-refractivity contribution < 1.29 is 18.1 Å². The van der Waals surface area contributed by atoms with Gasteiger partial charge < -0.3 is 4.74 Å². The van der Waals surface area contributed by atoms with Crippen LogP contribution >= 0.6 is 11.3 Å². The zero-order valence-corrected chi connectivity index (χ0v) is 14.8. The molecule has 0 bridgehead atoms. The predicted molar refractivity (Wildman–Crippen MR) is 94.8 cm³/mol. The van der Waals surface area contributed by atoms with Gasteiger partial charge in [0.05, 0.1) is 32.9 Å². The molecule has 1 heterocycles. The van der Waals surface area contributed by atoms with Gasteiger partial charge in [-0.25, -0.2) is 13.4 Å². The van der Waals surface area contributed by atoms with Crippen molar-refractivity contribution in [2.24, 2.45) is 0 Å². The maximum absolute atomic E-state index is 12.7. The van der Waals surface area contributed by atoms with Crippen LogP contribution in [0.3, 0.4) is 0 Å². The highest BCUT2D eigenvalue weighted by atomic mass is 32.2. The molecule has 0 spiro atoms. The third kappa shape index (κ3) is 3.39. The van der Waals surface area contributed by atoms with Gasteiger partial charge in [0, 0.05) is 12.1 Å². The Morgan fingerprint density at radius 1 is 1.24 bits per heavy atom. The molecule has 0 aliphatic rings. The Morgan fingerprint density at radius 2 is 2.00 bits per heavy atom. The molecule has 0 saturated carbocycles. The number of aromatic nitrogens is 1. The molecule has 0 fully saturated rings. The average Bonchev–Trinajstić information content (AvgIpc) is 2.93. The summed E-state index contributed by atoms with van der Waals surface area (Å²) in [5, 5.41) is 11.8. The lowest BCUT2D eigenvalue weighted by Crippen LogP contribution is -2.14. The van der Waals surface area contributed by atoms with E-state index >= 15 is 0 Å². The van der Waals surface area contributed by atoms with Gasteiger partial charge in [-0.15, -0.1) is 11.3 Å². The first-order valence-corrected chi connectivity index (χ1v) is 9.32. The Hall–Kier alpha value is -2.72. The Labute approximate surface area is 147 Å². The number of nitro groups is 1. The topological polar surface area (TPSA) is 111 Å². The van der Waals surface area contributed by atoms with E-state index in [2.05, 4.69) is 9.71 Å². The highest BCUT2D eigenvalue weighted by Crippen LogP contribution is 2.31. The number of non-ortho nitro benzene ring substituents is 1. The zero-order valence-electron chi connectivity index (χ0n) is 13.2. The van der Waals surface area contributed by atoms with Gasteiger partial charge in [-0.2, -0.15) is 0 Å². The quantitative estimate of drug-likeness (QED) is 0.538. The SMILES string of the molecule is COc1ccc([N+](=O)[O-])cc1S(=O)(=O)Nc1ccc2nc(C)sc2c1. The van der Waals surface area contributed by atoms with Crippen molar-refractivity contribution in [1.29, 1.82) is 0 Å². The summed E-state index contributed by atoms with van der Waals surface area (Å²) in [5.41, 5.74) is 0.776. The number of nitro benzene ring substituents is 1. The van der Waals surface area contributed by atoms with Gasteiger partial charge in [0.15, 0.2) is 0 Å². The first kappa shape index (κ1) is 17.1. The van der Waals surface area contributed by atoms with Gasteiger partial charge in [-0.05, 0) is 31.2 Å². The van der Waals surface area contributed by atoms with Crippen LogP contribution < -0.4 is 9.46 Å². The third-order valence-electron chi connectivity index (χ3n) is 3.40. The van der Waals surface area contributed by atoms with Gasteiger partial charge >= 0.3 is 0 Å². The largest absolute Gasteiger partial charge is 0.495 e. The van der Waals surface area contributed by atoms with E-state index < -0.39 is 14.9 Å². The van der Waals surface area contributed by atoms with Crippen LogP contribution in [-0.4, -0.2) is 25.4 Å². The van der Waals surface area contributed by atoms with Crippen LogP contribution in [-0.2, 0) is 10.0 Å². The number of fused-ring (bicyclic) bond motifs is 1. The molecule has 130 valence electrons. The Bertz CT molecular complexity index is 1080. The molecule has 0 aliphatic carbocycles. The number of methoxy groups -OCH3 is 1. The maximum Gasteiger partial charge on any atom is 0.271 e. The standard InChI is InChI=1S/C15H13N3O5S2/c1-9-16-12-5-3-10(7-14(12)24-9)17-25(21,22)15-8-11(18(19)20)4-6-13(15)23-2/h3-8,17H,1-2H3. The second-order valence-corrected chi connectivity index (χ2v) is 8.00. The summed E-state index contributed by atoms with van der Waals surface area (Å²) >= 11 is 1.44. The van der Waals surface area contributed by atoms with Crippen LogP contribution in [0.1, 0.15) is 5.01 Å². The van der Waals surface area contributed by atoms with Crippen LogP contribution in [0.4, 0.5) is 11.4 Å². The molecule has 0 aliphatic heterocycles. The van der Waals surface area contributed by atoms with Crippen molar-refractivity contribution in [2.45, 2.75) is 11.8 Å². The fraction of sp³-hybridized carbons (Fsp3) is 0.133. The molecule has 1 aromatic heterocycles. The number of nitrogens with one attached hydrogen (secondary N) is 1. The van der Waals surface area contributed by atoms with Gasteiger partial charge in [0.1, 0.15) is 10.6 Å². The summed E-state index contributed by atoms with van der Waals surface area (Å²) in [6, 6.07) is 8.37. The number of benzene rings is 2. The van der Waals surface area contributed by atoms with Crippen molar-refractivity contribution in [3.63, 3.8) is 0 Å². The van der Waals surface area contributed by atoms with Crippen molar-refractivity contribution >= 4 is 43.0 Å². The molecular formula is C15H13N3O5S2. The monoisotopic (exact) mass is 379 g/mol. The number of hydrogen-bond acceptors (Lipinski definition) is 7. The fourth-order valence-corrected chi connectivity index (χ4v) is 4.41. The van der Waals surface area contributed by atoms with Gasteiger partial charge in [-0.1, -0.05) is 0 Å². The minimum atomic E-state index is -4.07. The number of sulfonamides is 1. The molecule has 0 saturated heterocycles. The van der Waals surface area contributed by atoms with E-state index in [1.807, 2.05) is 6.92 Å². The number of rotatable bonds is 5. The fourth-order valence-electron chi connectivity index (χ4n) is 2.30. The van der Waals surface area contributed by atoms with Crippen molar-refractivity contribution in [3.05, 3.63) is 51.5 Å². The molecule has 3 rings (SSSR count). The van der Waals surface area contributed by atoms with E-state index in [1.165, 1.54) is 30.6 Å². The van der Waals surface area contributed by atoms with Crippen LogP contribution in [0.5, 0.6) is 5.75 Å². The minimum Gasteiger partial charge on any atom is -0.495 e. The summed E-state index contributed by atoms with van der Waals surface area (Å²) in [4.78, 5) is 14.3. The lowest BCUT2D eigenvalue weighted by atomic mass is 10.3. The van der Waals surface area contributed by atoms with Crippen LogP contribution in [0.2, 0.25) is 0 Å². The molecule has 0 amide bonds. The Morgan fingerprint density at radius 3 is 2.68 bits per heavy atom. The predicted octanol–water partition coefficient (Wildman–Crippen LogP) is 3.32. The minimum absolute atomic E-state index is 0.0211. The number of aryl methyl sites for hydroxylation is 1. The molecule has 25 heavy (non-hydrogen) atoms. The second kappa shape index (κ2) is 6.30. The summed E-state index contributed by atoms with van der Waals surface area (Å²) < 4.78 is 33.6. The summed E-state index contributed by atoms with van der Waals surface area (Å²) in [6.45, 7) is 1.86. The van der Waals surface area contributed by atoms with E-state index in [1.54, 1.807) is 18.2 Å². The van der Waals surface area contributed by atoms with Crippen LogP contribution in [0.25, 0.3) is 10.2 Å². The average molecular weight is 379 g/mol. The molecular weight excluding hydrogens is 366 g/mol. The first-order chi connectivity index (χ1) is 11.8. The van der Waals surface area contributed by atoms with Gasteiger partial charge in [0.2, 0.25) is 0 Å². The molecule has 1 N–H and O–H groups in total. The van der Waals surface area contributed by atoms with Crippen molar-refractivity contribution in [3.8, 4) is 5.75 Å². The van der Waals surface area contributed by atoms with Gasteiger partial charge in [0.25, 0.3) is 15.7 Å². The highest BCUT2D eigenvalue weighted by Gasteiger charge is 2.23. The molecule has 0 radical (unpaired) electrons. The lowest BCUT2D eigenvalue weighted by molar-refractivity contribution is -0.385. The van der Waals surface area contributed by atoms with E-state index in [0.29, 0.717) is 5.69 Å². The molecule has 8 nitrogen and oxygen atoms in total.